The molecule has 0 aliphatic rings. The summed E-state index contributed by atoms with van der Waals surface area (Å²) in [5.41, 5.74) is -5.97. The van der Waals surface area contributed by atoms with Gasteiger partial charge in [-0.25, -0.2) is 0 Å². The van der Waals surface area contributed by atoms with E-state index in [4.69, 9.17) is 27.9 Å². The lowest BCUT2D eigenvalue weighted by molar-refractivity contribution is -0.294. The highest BCUT2D eigenvalue weighted by molar-refractivity contribution is 6.36. The normalized spacial score (nSPS) is 12.4. The van der Waals surface area contributed by atoms with E-state index in [1.165, 1.54) is 17.4 Å². The van der Waals surface area contributed by atoms with Crippen LogP contribution < -0.4 is 15.4 Å². The largest absolute Gasteiger partial charge is 0.494 e. The molecule has 0 aliphatic heterocycles. The quantitative estimate of drug-likeness (QED) is 0.236. The Morgan fingerprint density at radius 1 is 0.969 bits per heavy atom. The Bertz CT molecular complexity index is 919. The Hall–Kier alpha value is -2.33. The number of rotatable bonds is 8. The third-order valence-corrected chi connectivity index (χ3v) is 4.83. The van der Waals surface area contributed by atoms with Crippen molar-refractivity contribution in [3.8, 4) is 5.75 Å². The average Bonchev–Trinajstić information content (AvgIpc) is 2.67. The topological polar surface area (TPSA) is 50.4 Å². The summed E-state index contributed by atoms with van der Waals surface area (Å²) >= 11 is 11.4. The Morgan fingerprint density at radius 3 is 2.06 bits per heavy atom. The zero-order valence-electron chi connectivity index (χ0n) is 16.5. The molecule has 0 aliphatic carbocycles. The van der Waals surface area contributed by atoms with E-state index < -0.39 is 40.2 Å². The first-order chi connectivity index (χ1) is 14.8. The van der Waals surface area contributed by atoms with Crippen LogP contribution in [0.5, 0.6) is 5.75 Å². The fraction of sp³-hybridized carbons (Fsp3) is 0.350. The molecule has 0 radical (unpaired) electrons. The lowest BCUT2D eigenvalue weighted by Gasteiger charge is -2.39. The SMILES string of the molecule is CCCCOc1ccc(NC(NC(=O)c2ccc(Cl)cc2Cl)(C(F)(F)F)C(F)(F)F)cc1. The van der Waals surface area contributed by atoms with Crippen LogP contribution in [0.2, 0.25) is 10.0 Å². The molecule has 32 heavy (non-hydrogen) atoms. The molecular weight excluding hydrogens is 485 g/mol. The van der Waals surface area contributed by atoms with Crippen molar-refractivity contribution in [3.05, 3.63) is 58.1 Å². The van der Waals surface area contributed by atoms with Gasteiger partial charge < -0.3 is 15.4 Å². The van der Waals surface area contributed by atoms with Gasteiger partial charge in [0.2, 0.25) is 0 Å². The number of carbonyl (C=O) groups excluding carboxylic acids is 1. The molecule has 0 saturated heterocycles. The Balaban J connectivity index is 2.40. The highest BCUT2D eigenvalue weighted by Gasteiger charge is 2.72. The van der Waals surface area contributed by atoms with Crippen molar-refractivity contribution < 1.29 is 35.9 Å². The van der Waals surface area contributed by atoms with Gasteiger partial charge in [0, 0.05) is 10.7 Å². The Labute approximate surface area is 189 Å². The number of anilines is 1. The lowest BCUT2D eigenvalue weighted by atomic mass is 10.1. The third kappa shape index (κ3) is 5.92. The van der Waals surface area contributed by atoms with E-state index in [1.807, 2.05) is 6.92 Å². The lowest BCUT2D eigenvalue weighted by Crippen LogP contribution is -2.72. The van der Waals surface area contributed by atoms with E-state index in [0.717, 1.165) is 48.5 Å². The Morgan fingerprint density at radius 2 is 1.56 bits per heavy atom. The van der Waals surface area contributed by atoms with Crippen LogP contribution in [0.1, 0.15) is 30.1 Å². The molecule has 0 spiro atoms. The second kappa shape index (κ2) is 10.1. The van der Waals surface area contributed by atoms with Gasteiger partial charge in [-0.15, -0.1) is 0 Å². The van der Waals surface area contributed by atoms with Crippen molar-refractivity contribution in [1.82, 2.24) is 5.32 Å². The molecule has 12 heteroatoms. The third-order valence-electron chi connectivity index (χ3n) is 4.28. The summed E-state index contributed by atoms with van der Waals surface area (Å²) in [6.07, 6.45) is -10.4. The summed E-state index contributed by atoms with van der Waals surface area (Å²) in [5, 5.41) is 2.06. The molecule has 1 amide bonds. The van der Waals surface area contributed by atoms with E-state index >= 15 is 0 Å². The van der Waals surface area contributed by atoms with Gasteiger partial charge in [0.25, 0.3) is 5.91 Å². The first kappa shape index (κ1) is 25.9. The van der Waals surface area contributed by atoms with Crippen LogP contribution >= 0.6 is 23.2 Å². The van der Waals surface area contributed by atoms with Crippen LogP contribution in [0, 0.1) is 0 Å². The van der Waals surface area contributed by atoms with Crippen LogP contribution in [0.3, 0.4) is 0 Å². The van der Waals surface area contributed by atoms with E-state index in [-0.39, 0.29) is 10.8 Å². The highest BCUT2D eigenvalue weighted by atomic mass is 35.5. The molecular formula is C20H18Cl2F6N2O2. The first-order valence-corrected chi connectivity index (χ1v) is 9.98. The smallest absolute Gasteiger partial charge is 0.439 e. The fourth-order valence-electron chi connectivity index (χ4n) is 2.57. The van der Waals surface area contributed by atoms with Crippen molar-refractivity contribution in [2.24, 2.45) is 0 Å². The van der Waals surface area contributed by atoms with Crippen LogP contribution in [-0.4, -0.2) is 30.5 Å². The van der Waals surface area contributed by atoms with Gasteiger partial charge in [-0.2, -0.15) is 26.3 Å². The maximum Gasteiger partial charge on any atom is 0.439 e. The molecule has 0 aromatic heterocycles. The van der Waals surface area contributed by atoms with Crippen molar-refractivity contribution >= 4 is 34.8 Å². The predicted molar refractivity (Wildman–Crippen MR) is 109 cm³/mol. The van der Waals surface area contributed by atoms with Crippen molar-refractivity contribution in [3.63, 3.8) is 0 Å². The Kier molecular flexibility index (Phi) is 8.17. The molecule has 4 nitrogen and oxygen atoms in total. The number of halogens is 8. The number of carbonyl (C=O) groups is 1. The van der Waals surface area contributed by atoms with E-state index in [9.17, 15) is 31.1 Å². The second-order valence-corrected chi connectivity index (χ2v) is 7.52. The number of unbranched alkanes of at least 4 members (excludes halogenated alkanes) is 1. The fourth-order valence-corrected chi connectivity index (χ4v) is 3.07. The van der Waals surface area contributed by atoms with E-state index in [1.54, 1.807) is 0 Å². The number of alkyl halides is 6. The van der Waals surface area contributed by atoms with Crippen LogP contribution in [0.25, 0.3) is 0 Å². The van der Waals surface area contributed by atoms with Gasteiger partial charge in [0.1, 0.15) is 5.75 Å². The maximum atomic E-state index is 13.8. The van der Waals surface area contributed by atoms with Gasteiger partial charge in [0.15, 0.2) is 0 Å². The molecule has 176 valence electrons. The number of benzene rings is 2. The number of hydrogen-bond donors (Lipinski definition) is 2. The van der Waals surface area contributed by atoms with Gasteiger partial charge in [-0.05, 0) is 48.9 Å². The number of hydrogen-bond acceptors (Lipinski definition) is 3. The minimum atomic E-state index is -5.98. The average molecular weight is 503 g/mol. The molecule has 2 aromatic rings. The molecule has 0 heterocycles. The highest BCUT2D eigenvalue weighted by Crippen LogP contribution is 2.44. The number of nitrogens with one attached hydrogen (secondary N) is 2. The minimum absolute atomic E-state index is 0.0452. The molecule has 0 saturated carbocycles. The molecule has 0 fully saturated rings. The van der Waals surface area contributed by atoms with Crippen molar-refractivity contribution in [2.45, 2.75) is 37.8 Å². The predicted octanol–water partition coefficient (Wildman–Crippen LogP) is 6.84. The van der Waals surface area contributed by atoms with Crippen LogP contribution in [-0.2, 0) is 0 Å². The van der Waals surface area contributed by atoms with Crippen molar-refractivity contribution in [2.75, 3.05) is 11.9 Å². The van der Waals surface area contributed by atoms with Gasteiger partial charge in [0.05, 0.1) is 17.2 Å². The van der Waals surface area contributed by atoms with Gasteiger partial charge >= 0.3 is 18.0 Å². The summed E-state index contributed by atoms with van der Waals surface area (Å²) in [7, 11) is 0. The van der Waals surface area contributed by atoms with Crippen molar-refractivity contribution in [1.29, 1.82) is 0 Å². The molecule has 2 N–H and O–H groups in total. The van der Waals surface area contributed by atoms with Gasteiger partial charge in [-0.3, -0.25) is 4.79 Å². The summed E-state index contributed by atoms with van der Waals surface area (Å²) in [6, 6.07) is 7.44. The van der Waals surface area contributed by atoms with Crippen LogP contribution in [0.15, 0.2) is 42.5 Å². The molecule has 0 bridgehead atoms. The number of ether oxygens (including phenoxy) is 1. The summed E-state index contributed by atoms with van der Waals surface area (Å²) in [4.78, 5) is 12.4. The van der Waals surface area contributed by atoms with E-state index in [0.29, 0.717) is 6.61 Å². The second-order valence-electron chi connectivity index (χ2n) is 6.68. The minimum Gasteiger partial charge on any atom is -0.494 e. The van der Waals surface area contributed by atoms with Crippen LogP contribution in [0.4, 0.5) is 32.0 Å². The zero-order valence-corrected chi connectivity index (χ0v) is 18.0. The molecule has 2 rings (SSSR count). The molecule has 2 aromatic carbocycles. The molecule has 0 atom stereocenters. The van der Waals surface area contributed by atoms with E-state index in [2.05, 4.69) is 0 Å². The molecule has 0 unspecified atom stereocenters. The standard InChI is InChI=1S/C20H18Cl2F6N2O2/c1-2-3-10-32-14-7-5-13(6-8-14)29-18(19(23,24)25,20(26,27)28)30-17(31)15-9-4-12(21)11-16(15)22/h4-9,11,29H,2-3,10H2,1H3,(H,30,31). The summed E-state index contributed by atoms with van der Waals surface area (Å²) in [6.45, 7) is 2.27. The maximum absolute atomic E-state index is 13.8. The number of amides is 1. The first-order valence-electron chi connectivity index (χ1n) is 9.23. The summed E-state index contributed by atoms with van der Waals surface area (Å²) < 4.78 is 88.2. The monoisotopic (exact) mass is 502 g/mol. The van der Waals surface area contributed by atoms with Gasteiger partial charge in [-0.1, -0.05) is 36.5 Å². The summed E-state index contributed by atoms with van der Waals surface area (Å²) in [5.74, 6) is -1.43. The zero-order chi connectivity index (χ0) is 24.2.